The summed E-state index contributed by atoms with van der Waals surface area (Å²) in [5.74, 6) is 4.62. The van der Waals surface area contributed by atoms with Gasteiger partial charge in [-0.15, -0.1) is 0 Å². The number of amides is 2. The van der Waals surface area contributed by atoms with Crippen LogP contribution in [0.5, 0.6) is 46.0 Å². The highest BCUT2D eigenvalue weighted by atomic mass is 16.5. The van der Waals surface area contributed by atoms with E-state index in [9.17, 15) is 9.59 Å². The van der Waals surface area contributed by atoms with Gasteiger partial charge in [-0.1, -0.05) is 36.4 Å². The van der Waals surface area contributed by atoms with E-state index in [1.807, 2.05) is 137 Å². The fourth-order valence-corrected chi connectivity index (χ4v) is 9.57. The molecule has 0 radical (unpaired) electrons. The van der Waals surface area contributed by atoms with Crippen molar-refractivity contribution in [2.24, 2.45) is 11.5 Å². The summed E-state index contributed by atoms with van der Waals surface area (Å²) in [7, 11) is 0. The molecule has 18 nitrogen and oxygen atoms in total. The van der Waals surface area contributed by atoms with Crippen LogP contribution in [0, 0.1) is 0 Å². The third-order valence-electron chi connectivity index (χ3n) is 13.3. The standard InChI is InChI=1S/C66H84N4O14/c1-5-73-31-35-81-61-47-11-9-12-48(61)40-52-44-56(66(72)70-26-30-80-60-21-17-58(18-22-60)78-28-24-68)46-54(64(52)84-38-34-76-8-4)42-50-14-10-13-49(62(50)82-36-32-74-6-2)41-53-45-55(43-51(39-47)63(53)83-37-33-75-7-3)65(71)69-25-29-79-59-19-15-57(16-20-59)77-27-23-67/h9-22,43-46H,5-8,23-42,67-68H2,1-4H3,(H,69,71)(H,70,72). The number of nitrogens with two attached hydrogens (primary N) is 2. The highest BCUT2D eigenvalue weighted by Crippen LogP contribution is 2.40. The summed E-state index contributed by atoms with van der Waals surface area (Å²) in [5.41, 5.74) is 18.5. The minimum Gasteiger partial charge on any atom is -0.492 e. The fourth-order valence-electron chi connectivity index (χ4n) is 9.57. The van der Waals surface area contributed by atoms with E-state index in [1.54, 1.807) is 0 Å². The molecule has 452 valence electrons. The molecule has 0 aromatic heterocycles. The van der Waals surface area contributed by atoms with Gasteiger partial charge >= 0.3 is 0 Å². The number of nitrogens with one attached hydrogen (secondary N) is 2. The molecule has 0 spiro atoms. The van der Waals surface area contributed by atoms with E-state index in [4.69, 9.17) is 68.3 Å². The van der Waals surface area contributed by atoms with E-state index < -0.39 is 0 Å². The summed E-state index contributed by atoms with van der Waals surface area (Å²) in [6.07, 6.45) is 1.23. The first-order valence-corrected chi connectivity index (χ1v) is 29.3. The highest BCUT2D eigenvalue weighted by molar-refractivity contribution is 5.95. The maximum atomic E-state index is 14.5. The molecule has 0 saturated carbocycles. The van der Waals surface area contributed by atoms with Gasteiger partial charge in [0.2, 0.25) is 0 Å². The van der Waals surface area contributed by atoms with Gasteiger partial charge in [0.25, 0.3) is 11.8 Å². The van der Waals surface area contributed by atoms with Crippen LogP contribution >= 0.6 is 0 Å². The summed E-state index contributed by atoms with van der Waals surface area (Å²) in [6.45, 7) is 14.9. The van der Waals surface area contributed by atoms with Crippen LogP contribution in [0.4, 0.5) is 0 Å². The van der Waals surface area contributed by atoms with Crippen LogP contribution in [0.2, 0.25) is 0 Å². The van der Waals surface area contributed by atoms with Gasteiger partial charge in [-0.25, -0.2) is 0 Å². The second-order valence-electron chi connectivity index (χ2n) is 19.4. The Balaban J connectivity index is 1.32. The second kappa shape index (κ2) is 35.5. The van der Waals surface area contributed by atoms with Gasteiger partial charge in [-0.3, -0.25) is 9.59 Å². The van der Waals surface area contributed by atoms with Crippen molar-refractivity contribution >= 4 is 11.8 Å². The molecular formula is C66H84N4O14. The van der Waals surface area contributed by atoms with Crippen molar-refractivity contribution in [3.05, 3.63) is 165 Å². The van der Waals surface area contributed by atoms with Gasteiger partial charge in [0.15, 0.2) is 0 Å². The molecule has 0 aliphatic heterocycles. The van der Waals surface area contributed by atoms with Gasteiger partial charge in [-0.05, 0) is 145 Å². The lowest BCUT2D eigenvalue weighted by atomic mass is 9.89. The van der Waals surface area contributed by atoms with Gasteiger partial charge in [0.05, 0.1) is 39.5 Å². The van der Waals surface area contributed by atoms with Crippen LogP contribution in [0.15, 0.2) is 109 Å². The molecular weight excluding hydrogens is 1070 g/mol. The Hall–Kier alpha value is -7.58. The lowest BCUT2D eigenvalue weighted by Gasteiger charge is -2.24. The maximum Gasteiger partial charge on any atom is 0.251 e. The largest absolute Gasteiger partial charge is 0.492 e. The van der Waals surface area contributed by atoms with Gasteiger partial charge in [0, 0.05) is 76.3 Å². The molecule has 18 heteroatoms. The van der Waals surface area contributed by atoms with Gasteiger partial charge in [-0.2, -0.15) is 0 Å². The molecule has 0 fully saturated rings. The quantitative estimate of drug-likeness (QED) is 0.0271. The van der Waals surface area contributed by atoms with E-state index in [0.717, 1.165) is 44.5 Å². The van der Waals surface area contributed by atoms with Crippen molar-refractivity contribution in [2.75, 3.05) is 132 Å². The molecule has 8 bridgehead atoms. The molecule has 6 aromatic carbocycles. The predicted molar refractivity (Wildman–Crippen MR) is 323 cm³/mol. The SMILES string of the molecule is CCOCCOc1c2cccc1Cc1cc(C(=O)NCCOc3ccc(OCCN)cc3)cc(c1OCCOCC)Cc1cccc(c1OCCOCC)Cc1cc(C(=O)NCCOc3ccc(OCCN)cc3)cc(c1OCCOCC)C2. The van der Waals surface area contributed by atoms with E-state index in [0.29, 0.717) is 162 Å². The topological polar surface area (TPSA) is 221 Å². The third-order valence-corrected chi connectivity index (χ3v) is 13.3. The molecule has 0 unspecified atom stereocenters. The summed E-state index contributed by atoms with van der Waals surface area (Å²) < 4.78 is 73.7. The first kappa shape index (κ1) is 64.0. The van der Waals surface area contributed by atoms with E-state index in [-0.39, 0.29) is 64.5 Å². The number of carbonyl (C=O) groups is 2. The molecule has 0 heterocycles. The molecule has 1 aliphatic rings. The summed E-state index contributed by atoms with van der Waals surface area (Å²) in [6, 6.07) is 34.3. The zero-order valence-electron chi connectivity index (χ0n) is 49.2. The van der Waals surface area contributed by atoms with Crippen LogP contribution in [-0.4, -0.2) is 144 Å². The Labute approximate surface area is 494 Å². The summed E-state index contributed by atoms with van der Waals surface area (Å²) in [5, 5.41) is 6.19. The molecule has 84 heavy (non-hydrogen) atoms. The predicted octanol–water partition coefficient (Wildman–Crippen LogP) is 8.32. The first-order valence-electron chi connectivity index (χ1n) is 29.3. The molecule has 1 aliphatic carbocycles. The number of fused-ring (bicyclic) bond motifs is 8. The van der Waals surface area contributed by atoms with Gasteiger partial charge in [0.1, 0.15) is 98.9 Å². The van der Waals surface area contributed by atoms with Crippen LogP contribution < -0.4 is 60.0 Å². The smallest absolute Gasteiger partial charge is 0.251 e. The normalized spacial score (nSPS) is 11.8. The average Bonchev–Trinajstić information content (AvgIpc) is 3.58. The third kappa shape index (κ3) is 19.8. The molecule has 6 N–H and O–H groups in total. The molecule has 7 rings (SSSR count). The number of carbonyl (C=O) groups excluding carboxylic acids is 2. The molecule has 6 aromatic rings. The summed E-state index contributed by atoms with van der Waals surface area (Å²) in [4.78, 5) is 29.0. The monoisotopic (exact) mass is 1160 g/mol. The number of ether oxygens (including phenoxy) is 12. The number of hydrogen-bond acceptors (Lipinski definition) is 16. The van der Waals surface area contributed by atoms with E-state index in [1.165, 1.54) is 0 Å². The Morgan fingerprint density at radius 1 is 0.345 bits per heavy atom. The van der Waals surface area contributed by atoms with Crippen molar-refractivity contribution in [2.45, 2.75) is 53.4 Å². The zero-order chi connectivity index (χ0) is 59.1. The van der Waals surface area contributed by atoms with Crippen LogP contribution in [0.3, 0.4) is 0 Å². The molecule has 0 atom stereocenters. The van der Waals surface area contributed by atoms with Crippen molar-refractivity contribution in [3.8, 4) is 46.0 Å². The van der Waals surface area contributed by atoms with E-state index in [2.05, 4.69) is 10.6 Å². The molecule has 0 saturated heterocycles. The Kier molecular flexibility index (Phi) is 27.1. The van der Waals surface area contributed by atoms with Crippen molar-refractivity contribution in [3.63, 3.8) is 0 Å². The highest BCUT2D eigenvalue weighted by Gasteiger charge is 2.25. The Bertz CT molecular complexity index is 2670. The molecule has 2 amide bonds. The van der Waals surface area contributed by atoms with Crippen LogP contribution in [0.25, 0.3) is 0 Å². The van der Waals surface area contributed by atoms with Crippen molar-refractivity contribution < 1.29 is 66.4 Å². The second-order valence-corrected chi connectivity index (χ2v) is 19.4. The summed E-state index contributed by atoms with van der Waals surface area (Å²) >= 11 is 0. The zero-order valence-corrected chi connectivity index (χ0v) is 49.2. The Morgan fingerprint density at radius 2 is 0.607 bits per heavy atom. The average molecular weight is 1160 g/mol. The first-order chi connectivity index (χ1) is 41.2. The minimum atomic E-state index is -0.284. The number of rotatable bonds is 36. The lowest BCUT2D eigenvalue weighted by Crippen LogP contribution is -2.28. The Morgan fingerprint density at radius 3 is 0.869 bits per heavy atom. The fraction of sp³-hybridized carbons (Fsp3) is 0.424. The minimum absolute atomic E-state index is 0.225. The number of hydrogen-bond donors (Lipinski definition) is 4. The maximum absolute atomic E-state index is 14.5. The van der Waals surface area contributed by atoms with Crippen molar-refractivity contribution in [1.29, 1.82) is 0 Å². The number of benzene rings is 6. The van der Waals surface area contributed by atoms with Crippen LogP contribution in [0.1, 0.15) is 92.9 Å². The van der Waals surface area contributed by atoms with Crippen molar-refractivity contribution in [1.82, 2.24) is 10.6 Å². The van der Waals surface area contributed by atoms with Gasteiger partial charge < -0.3 is 78.9 Å². The lowest BCUT2D eigenvalue weighted by molar-refractivity contribution is 0.0938. The van der Waals surface area contributed by atoms with E-state index >= 15 is 0 Å². The number of para-hydroxylation sites is 2. The van der Waals surface area contributed by atoms with Crippen LogP contribution in [-0.2, 0) is 44.6 Å².